The highest BCUT2D eigenvalue weighted by molar-refractivity contribution is 7.81. The second kappa shape index (κ2) is 6.02. The lowest BCUT2D eigenvalue weighted by Crippen LogP contribution is -2.07. The van der Waals surface area contributed by atoms with E-state index in [9.17, 15) is 0 Å². The molecule has 23 heavy (non-hydrogen) atoms. The summed E-state index contributed by atoms with van der Waals surface area (Å²) in [5.74, 6) is 0. The zero-order valence-corrected chi connectivity index (χ0v) is 15.5. The molecule has 3 rings (SSSR count). The third kappa shape index (κ3) is 2.77. The van der Waals surface area contributed by atoms with Crippen LogP contribution in [0, 0.1) is 20.8 Å². The molecule has 2 aromatic rings. The van der Waals surface area contributed by atoms with E-state index in [1.165, 1.54) is 26.4 Å². The van der Waals surface area contributed by atoms with Gasteiger partial charge >= 0.3 is 0 Å². The van der Waals surface area contributed by atoms with Gasteiger partial charge in [0.05, 0.1) is 12.3 Å². The van der Waals surface area contributed by atoms with Crippen LogP contribution >= 0.6 is 23.6 Å². The van der Waals surface area contributed by atoms with Crippen molar-refractivity contribution in [1.82, 2.24) is 0 Å². The van der Waals surface area contributed by atoms with Crippen LogP contribution in [0.4, 0.5) is 0 Å². The van der Waals surface area contributed by atoms with Gasteiger partial charge in [-0.2, -0.15) is 0 Å². The molecule has 0 amide bonds. The molecule has 0 atom stereocenters. The van der Waals surface area contributed by atoms with Gasteiger partial charge in [-0.05, 0) is 33.3 Å². The Morgan fingerprint density at radius 2 is 1.83 bits per heavy atom. The standard InChI is InChI=1S/C19H20N2S2/c1-10-5-7-14(8-6-10)18-16-11(2)13(4)23-19(16)17(12(3)20)15(22)9-21-18/h5-8H,9,20H2,1-4H3. The van der Waals surface area contributed by atoms with E-state index in [2.05, 4.69) is 45.0 Å². The topological polar surface area (TPSA) is 38.4 Å². The van der Waals surface area contributed by atoms with Crippen molar-refractivity contribution >= 4 is 39.7 Å². The molecule has 1 aliphatic heterocycles. The minimum atomic E-state index is 0.516. The summed E-state index contributed by atoms with van der Waals surface area (Å²) >= 11 is 7.37. The van der Waals surface area contributed by atoms with Crippen molar-refractivity contribution in [3.05, 3.63) is 62.0 Å². The summed E-state index contributed by atoms with van der Waals surface area (Å²) < 4.78 is 0. The molecule has 1 aromatic carbocycles. The molecule has 118 valence electrons. The third-order valence-electron chi connectivity index (χ3n) is 4.23. The lowest BCUT2D eigenvalue weighted by atomic mass is 9.95. The van der Waals surface area contributed by atoms with Crippen LogP contribution in [0.1, 0.15) is 38.9 Å². The van der Waals surface area contributed by atoms with Gasteiger partial charge in [0, 0.05) is 37.0 Å². The quantitative estimate of drug-likeness (QED) is 0.609. The number of nitrogens with zero attached hydrogens (tertiary/aromatic N) is 1. The first-order valence-corrected chi connectivity index (χ1v) is 8.84. The SMILES string of the molecule is CC(N)=C1C(=S)CN=C(c2ccc(C)cc2)c2c1sc(C)c2C. The summed E-state index contributed by atoms with van der Waals surface area (Å²) in [6, 6.07) is 8.52. The fourth-order valence-corrected chi connectivity index (χ4v) is 4.56. The van der Waals surface area contributed by atoms with E-state index in [1.54, 1.807) is 11.3 Å². The third-order valence-corrected chi connectivity index (χ3v) is 5.79. The Hall–Kier alpha value is -1.78. The number of nitrogens with two attached hydrogens (primary N) is 1. The van der Waals surface area contributed by atoms with Gasteiger partial charge in [0.25, 0.3) is 0 Å². The zero-order chi connectivity index (χ0) is 16.7. The number of fused-ring (bicyclic) bond motifs is 1. The van der Waals surface area contributed by atoms with E-state index in [0.717, 1.165) is 27.4 Å². The minimum Gasteiger partial charge on any atom is -0.402 e. The van der Waals surface area contributed by atoms with Crippen molar-refractivity contribution in [1.29, 1.82) is 0 Å². The number of thiocarbonyl (C=S) groups is 1. The highest BCUT2D eigenvalue weighted by Gasteiger charge is 2.26. The number of rotatable bonds is 1. The molecular weight excluding hydrogens is 320 g/mol. The maximum absolute atomic E-state index is 6.15. The van der Waals surface area contributed by atoms with E-state index in [1.807, 2.05) is 6.92 Å². The molecule has 0 fully saturated rings. The van der Waals surface area contributed by atoms with Crippen LogP contribution in [0.3, 0.4) is 0 Å². The van der Waals surface area contributed by atoms with Crippen molar-refractivity contribution in [2.45, 2.75) is 27.7 Å². The molecule has 2 heterocycles. The molecule has 0 spiro atoms. The van der Waals surface area contributed by atoms with Crippen LogP contribution in [0.25, 0.3) is 5.57 Å². The number of aryl methyl sites for hydroxylation is 2. The van der Waals surface area contributed by atoms with E-state index >= 15 is 0 Å². The Bertz CT molecular complexity index is 848. The normalized spacial score (nSPS) is 16.7. The van der Waals surface area contributed by atoms with Gasteiger partial charge in [0.1, 0.15) is 0 Å². The van der Waals surface area contributed by atoms with Crippen molar-refractivity contribution in [3.63, 3.8) is 0 Å². The number of thiophene rings is 1. The largest absolute Gasteiger partial charge is 0.402 e. The maximum Gasteiger partial charge on any atom is 0.0755 e. The number of benzene rings is 1. The highest BCUT2D eigenvalue weighted by atomic mass is 32.1. The molecule has 2 nitrogen and oxygen atoms in total. The van der Waals surface area contributed by atoms with Gasteiger partial charge in [-0.1, -0.05) is 42.0 Å². The second-order valence-electron chi connectivity index (χ2n) is 6.00. The average Bonchev–Trinajstić information content (AvgIpc) is 2.68. The van der Waals surface area contributed by atoms with Gasteiger partial charge in [0.15, 0.2) is 0 Å². The van der Waals surface area contributed by atoms with E-state index in [-0.39, 0.29) is 0 Å². The summed E-state index contributed by atoms with van der Waals surface area (Å²) in [4.78, 5) is 8.13. The van der Waals surface area contributed by atoms with Crippen LogP contribution in [0.5, 0.6) is 0 Å². The molecule has 4 heteroatoms. The molecule has 0 radical (unpaired) electrons. The van der Waals surface area contributed by atoms with Crippen molar-refractivity contribution in [2.24, 2.45) is 10.7 Å². The van der Waals surface area contributed by atoms with E-state index < -0.39 is 0 Å². The number of hydrogen-bond donors (Lipinski definition) is 1. The second-order valence-corrected chi connectivity index (χ2v) is 7.72. The number of allylic oxidation sites excluding steroid dienone is 1. The lowest BCUT2D eigenvalue weighted by Gasteiger charge is -2.10. The summed E-state index contributed by atoms with van der Waals surface area (Å²) in [5.41, 5.74) is 13.8. The summed E-state index contributed by atoms with van der Waals surface area (Å²) in [7, 11) is 0. The van der Waals surface area contributed by atoms with Crippen molar-refractivity contribution < 1.29 is 0 Å². The molecule has 0 unspecified atom stereocenters. The Kier molecular flexibility index (Phi) is 4.21. The molecule has 0 bridgehead atoms. The summed E-state index contributed by atoms with van der Waals surface area (Å²) in [6.45, 7) is 8.84. The molecular formula is C19H20N2S2. The van der Waals surface area contributed by atoms with E-state index in [0.29, 0.717) is 6.54 Å². The van der Waals surface area contributed by atoms with Crippen LogP contribution in [0.2, 0.25) is 0 Å². The van der Waals surface area contributed by atoms with Crippen molar-refractivity contribution in [2.75, 3.05) is 6.54 Å². The summed E-state index contributed by atoms with van der Waals surface area (Å²) in [5, 5.41) is 0. The average molecular weight is 341 g/mol. The molecule has 1 aromatic heterocycles. The van der Waals surface area contributed by atoms with Gasteiger partial charge in [-0.25, -0.2) is 0 Å². The first kappa shape index (κ1) is 16.1. The Morgan fingerprint density at radius 3 is 2.43 bits per heavy atom. The van der Waals surface area contributed by atoms with E-state index in [4.69, 9.17) is 22.9 Å². The smallest absolute Gasteiger partial charge is 0.0755 e. The van der Waals surface area contributed by atoms with Gasteiger partial charge in [-0.15, -0.1) is 11.3 Å². The Labute approximate surface area is 146 Å². The van der Waals surface area contributed by atoms with Gasteiger partial charge < -0.3 is 5.73 Å². The Balaban J connectivity index is 2.30. The first-order valence-electron chi connectivity index (χ1n) is 7.62. The molecule has 2 N–H and O–H groups in total. The minimum absolute atomic E-state index is 0.516. The molecule has 1 aliphatic rings. The fraction of sp³-hybridized carbons (Fsp3) is 0.263. The molecule has 0 saturated heterocycles. The number of hydrogen-bond acceptors (Lipinski definition) is 4. The number of aliphatic imine (C=N–C) groups is 1. The fourth-order valence-electron chi connectivity index (χ4n) is 2.87. The van der Waals surface area contributed by atoms with Crippen molar-refractivity contribution in [3.8, 4) is 0 Å². The van der Waals surface area contributed by atoms with Gasteiger partial charge in [0.2, 0.25) is 0 Å². The molecule has 0 aliphatic carbocycles. The molecule has 0 saturated carbocycles. The zero-order valence-electron chi connectivity index (χ0n) is 13.9. The first-order chi connectivity index (χ1) is 10.9. The van der Waals surface area contributed by atoms with Crippen LogP contribution < -0.4 is 5.73 Å². The lowest BCUT2D eigenvalue weighted by molar-refractivity contribution is 1.30. The van der Waals surface area contributed by atoms with Crippen LogP contribution in [-0.2, 0) is 0 Å². The van der Waals surface area contributed by atoms with Gasteiger partial charge in [-0.3, -0.25) is 4.99 Å². The Morgan fingerprint density at radius 1 is 1.17 bits per heavy atom. The highest BCUT2D eigenvalue weighted by Crippen LogP contribution is 2.38. The predicted molar refractivity (Wildman–Crippen MR) is 105 cm³/mol. The maximum atomic E-state index is 6.15. The predicted octanol–water partition coefficient (Wildman–Crippen LogP) is 4.58. The van der Waals surface area contributed by atoms with Crippen LogP contribution in [-0.4, -0.2) is 17.1 Å². The summed E-state index contributed by atoms with van der Waals surface area (Å²) in [6.07, 6.45) is 0. The van der Waals surface area contributed by atoms with Crippen LogP contribution in [0.15, 0.2) is 35.0 Å². The monoisotopic (exact) mass is 340 g/mol.